The van der Waals surface area contributed by atoms with Crippen molar-refractivity contribution in [2.24, 2.45) is 0 Å². The molecule has 14 heavy (non-hydrogen) atoms. The first-order valence-electron chi connectivity index (χ1n) is 4.47. The van der Waals surface area contributed by atoms with E-state index in [1.807, 2.05) is 6.08 Å². The van der Waals surface area contributed by atoms with Crippen LogP contribution in [0.5, 0.6) is 5.88 Å². The van der Waals surface area contributed by atoms with Gasteiger partial charge in [0, 0.05) is 6.07 Å². The predicted octanol–water partition coefficient (Wildman–Crippen LogP) is 2.78. The van der Waals surface area contributed by atoms with Crippen molar-refractivity contribution in [3.63, 3.8) is 0 Å². The van der Waals surface area contributed by atoms with E-state index in [1.54, 1.807) is 13.0 Å². The fourth-order valence-electron chi connectivity index (χ4n) is 0.984. The summed E-state index contributed by atoms with van der Waals surface area (Å²) in [5.74, 6) is 1.16. The van der Waals surface area contributed by atoms with Gasteiger partial charge in [-0.25, -0.2) is 4.98 Å². The maximum atomic E-state index is 5.74. The van der Waals surface area contributed by atoms with E-state index >= 15 is 0 Å². The van der Waals surface area contributed by atoms with Gasteiger partial charge < -0.3 is 4.74 Å². The van der Waals surface area contributed by atoms with E-state index in [-0.39, 0.29) is 0 Å². The minimum atomic E-state index is 0.413. The van der Waals surface area contributed by atoms with Crippen LogP contribution in [0.15, 0.2) is 18.7 Å². The van der Waals surface area contributed by atoms with E-state index in [1.165, 1.54) is 0 Å². The molecule has 1 heterocycles. The summed E-state index contributed by atoms with van der Waals surface area (Å²) in [5, 5.41) is 0.413. The highest BCUT2D eigenvalue weighted by molar-refractivity contribution is 6.29. The maximum Gasteiger partial charge on any atom is 0.218 e. The molecule has 0 saturated heterocycles. The van der Waals surface area contributed by atoms with E-state index in [0.717, 1.165) is 12.8 Å². The zero-order valence-corrected chi connectivity index (χ0v) is 8.92. The van der Waals surface area contributed by atoms with Crippen LogP contribution in [0.4, 0.5) is 0 Å². The van der Waals surface area contributed by atoms with Crippen LogP contribution in [-0.4, -0.2) is 16.6 Å². The summed E-state index contributed by atoms with van der Waals surface area (Å²) in [7, 11) is 0. The predicted molar refractivity (Wildman–Crippen MR) is 56.7 cm³/mol. The molecule has 0 spiro atoms. The lowest BCUT2D eigenvalue weighted by Gasteiger charge is -2.04. The largest absolute Gasteiger partial charge is 0.478 e. The molecule has 0 saturated carbocycles. The zero-order chi connectivity index (χ0) is 10.4. The molecule has 0 unspecified atom stereocenters. The SMILES string of the molecule is C=CCCCOc1cc(Cl)nc(C)n1. The lowest BCUT2D eigenvalue weighted by atomic mass is 10.3. The van der Waals surface area contributed by atoms with Crippen LogP contribution in [-0.2, 0) is 0 Å². The van der Waals surface area contributed by atoms with Gasteiger partial charge in [-0.2, -0.15) is 4.98 Å². The first-order chi connectivity index (χ1) is 6.72. The molecule has 0 amide bonds. The fourth-order valence-corrected chi connectivity index (χ4v) is 1.20. The van der Waals surface area contributed by atoms with Gasteiger partial charge in [-0.05, 0) is 19.8 Å². The summed E-state index contributed by atoms with van der Waals surface area (Å²) < 4.78 is 5.39. The Morgan fingerprint density at radius 3 is 3.00 bits per heavy atom. The number of aromatic nitrogens is 2. The Hall–Kier alpha value is -1.09. The van der Waals surface area contributed by atoms with Crippen LogP contribution in [0.3, 0.4) is 0 Å². The fraction of sp³-hybridized carbons (Fsp3) is 0.400. The highest BCUT2D eigenvalue weighted by atomic mass is 35.5. The molecule has 1 rings (SSSR count). The molecule has 0 aliphatic rings. The number of unbranched alkanes of at least 4 members (excludes halogenated alkanes) is 1. The number of hydrogen-bond acceptors (Lipinski definition) is 3. The van der Waals surface area contributed by atoms with Crippen molar-refractivity contribution in [3.8, 4) is 5.88 Å². The van der Waals surface area contributed by atoms with E-state index < -0.39 is 0 Å². The lowest BCUT2D eigenvalue weighted by molar-refractivity contribution is 0.299. The average Bonchev–Trinajstić information content (AvgIpc) is 2.11. The normalized spacial score (nSPS) is 9.86. The van der Waals surface area contributed by atoms with Crippen LogP contribution in [0.2, 0.25) is 5.15 Å². The Kier molecular flexibility index (Phi) is 4.40. The monoisotopic (exact) mass is 212 g/mol. The first kappa shape index (κ1) is 11.0. The molecule has 3 nitrogen and oxygen atoms in total. The van der Waals surface area contributed by atoms with Gasteiger partial charge in [-0.1, -0.05) is 17.7 Å². The standard InChI is InChI=1S/C10H13ClN2O/c1-3-4-5-6-14-10-7-9(11)12-8(2)13-10/h3,7H,1,4-6H2,2H3. The van der Waals surface area contributed by atoms with Gasteiger partial charge >= 0.3 is 0 Å². The molecule has 1 aromatic rings. The number of aryl methyl sites for hydroxylation is 1. The van der Waals surface area contributed by atoms with E-state index in [9.17, 15) is 0 Å². The van der Waals surface area contributed by atoms with Gasteiger partial charge in [-0.15, -0.1) is 6.58 Å². The Bertz CT molecular complexity index is 295. The molecule has 0 N–H and O–H groups in total. The van der Waals surface area contributed by atoms with Gasteiger partial charge in [0.05, 0.1) is 6.61 Å². The van der Waals surface area contributed by atoms with Crippen LogP contribution < -0.4 is 4.74 Å². The maximum absolute atomic E-state index is 5.74. The summed E-state index contributed by atoms with van der Waals surface area (Å²) in [5.41, 5.74) is 0. The summed E-state index contributed by atoms with van der Waals surface area (Å²) in [6, 6.07) is 1.61. The molecule has 0 fully saturated rings. The molecule has 1 aromatic heterocycles. The van der Waals surface area contributed by atoms with Gasteiger partial charge in [0.2, 0.25) is 5.88 Å². The Labute approximate surface area is 88.8 Å². The van der Waals surface area contributed by atoms with Crippen molar-refractivity contribution in [1.82, 2.24) is 9.97 Å². The second kappa shape index (κ2) is 5.60. The van der Waals surface area contributed by atoms with Crippen molar-refractivity contribution in [1.29, 1.82) is 0 Å². The second-order valence-electron chi connectivity index (χ2n) is 2.86. The smallest absolute Gasteiger partial charge is 0.218 e. The van der Waals surface area contributed by atoms with Gasteiger partial charge in [-0.3, -0.25) is 0 Å². The molecule has 76 valence electrons. The third-order valence-corrected chi connectivity index (χ3v) is 1.78. The average molecular weight is 213 g/mol. The molecule has 0 radical (unpaired) electrons. The van der Waals surface area contributed by atoms with Crippen LogP contribution >= 0.6 is 11.6 Å². The molecular formula is C10H13ClN2O. The topological polar surface area (TPSA) is 35.0 Å². The summed E-state index contributed by atoms with van der Waals surface area (Å²) >= 11 is 5.74. The minimum absolute atomic E-state index is 0.413. The number of nitrogens with zero attached hydrogens (tertiary/aromatic N) is 2. The second-order valence-corrected chi connectivity index (χ2v) is 3.24. The number of hydrogen-bond donors (Lipinski definition) is 0. The summed E-state index contributed by atoms with van der Waals surface area (Å²) in [6.07, 6.45) is 3.74. The Morgan fingerprint density at radius 1 is 1.57 bits per heavy atom. The number of halogens is 1. The summed E-state index contributed by atoms with van der Waals surface area (Å²) in [4.78, 5) is 8.02. The third-order valence-electron chi connectivity index (χ3n) is 1.59. The molecule has 0 aliphatic carbocycles. The van der Waals surface area contributed by atoms with E-state index in [0.29, 0.717) is 23.5 Å². The number of allylic oxidation sites excluding steroid dienone is 1. The van der Waals surface area contributed by atoms with Gasteiger partial charge in [0.25, 0.3) is 0 Å². The summed E-state index contributed by atoms with van der Waals surface area (Å²) in [6.45, 7) is 6.04. The van der Waals surface area contributed by atoms with Crippen molar-refractivity contribution in [3.05, 3.63) is 29.7 Å². The molecular weight excluding hydrogens is 200 g/mol. The molecule has 0 aliphatic heterocycles. The van der Waals surface area contributed by atoms with Crippen LogP contribution in [0.25, 0.3) is 0 Å². The molecule has 4 heteroatoms. The minimum Gasteiger partial charge on any atom is -0.478 e. The van der Waals surface area contributed by atoms with E-state index in [2.05, 4.69) is 16.5 Å². The van der Waals surface area contributed by atoms with Crippen molar-refractivity contribution >= 4 is 11.6 Å². The third kappa shape index (κ3) is 3.75. The highest BCUT2D eigenvalue weighted by Crippen LogP contribution is 2.13. The first-order valence-corrected chi connectivity index (χ1v) is 4.85. The van der Waals surface area contributed by atoms with Crippen molar-refractivity contribution in [2.45, 2.75) is 19.8 Å². The number of ether oxygens (including phenoxy) is 1. The number of rotatable bonds is 5. The van der Waals surface area contributed by atoms with Crippen LogP contribution in [0, 0.1) is 6.92 Å². The van der Waals surface area contributed by atoms with Gasteiger partial charge in [0.1, 0.15) is 11.0 Å². The van der Waals surface area contributed by atoms with E-state index in [4.69, 9.17) is 16.3 Å². The molecule has 0 bridgehead atoms. The highest BCUT2D eigenvalue weighted by Gasteiger charge is 1.99. The Balaban J connectivity index is 2.46. The quantitative estimate of drug-likeness (QED) is 0.428. The van der Waals surface area contributed by atoms with Crippen molar-refractivity contribution in [2.75, 3.05) is 6.61 Å². The Morgan fingerprint density at radius 2 is 2.36 bits per heavy atom. The van der Waals surface area contributed by atoms with Crippen LogP contribution in [0.1, 0.15) is 18.7 Å². The van der Waals surface area contributed by atoms with Crippen molar-refractivity contribution < 1.29 is 4.74 Å². The molecule has 0 atom stereocenters. The molecule has 0 aromatic carbocycles. The van der Waals surface area contributed by atoms with Gasteiger partial charge in [0.15, 0.2) is 0 Å². The zero-order valence-electron chi connectivity index (χ0n) is 8.16. The lowest BCUT2D eigenvalue weighted by Crippen LogP contribution is -2.00.